The van der Waals surface area contributed by atoms with Gasteiger partial charge in [0.1, 0.15) is 10.9 Å². The number of hydrogen-bond acceptors (Lipinski definition) is 5. The SMILES string of the molecule is CCN(C(C)C(=O)O)S(=O)(=O)c1cc(Cl)cnc1OC. The molecule has 0 amide bonds. The fourth-order valence-electron chi connectivity index (χ4n) is 1.65. The number of aliphatic carboxylic acids is 1. The first-order chi connectivity index (χ1) is 9.25. The van der Waals surface area contributed by atoms with E-state index in [9.17, 15) is 13.2 Å². The van der Waals surface area contributed by atoms with Crippen LogP contribution in [-0.2, 0) is 14.8 Å². The summed E-state index contributed by atoms with van der Waals surface area (Å²) in [6.45, 7) is 2.82. The molecule has 7 nitrogen and oxygen atoms in total. The Morgan fingerprint density at radius 3 is 2.65 bits per heavy atom. The van der Waals surface area contributed by atoms with Crippen LogP contribution in [0.25, 0.3) is 0 Å². The van der Waals surface area contributed by atoms with E-state index in [0.29, 0.717) is 0 Å². The summed E-state index contributed by atoms with van der Waals surface area (Å²) in [6, 6.07) is -0.0337. The number of aromatic nitrogens is 1. The van der Waals surface area contributed by atoms with Crippen LogP contribution in [0.5, 0.6) is 5.88 Å². The highest BCUT2D eigenvalue weighted by Gasteiger charge is 2.34. The van der Waals surface area contributed by atoms with E-state index in [0.717, 1.165) is 4.31 Å². The minimum Gasteiger partial charge on any atom is -0.480 e. The Kier molecular flexibility index (Phi) is 5.32. The number of nitrogens with zero attached hydrogens (tertiary/aromatic N) is 2. The van der Waals surface area contributed by atoms with Crippen molar-refractivity contribution < 1.29 is 23.1 Å². The molecule has 0 aliphatic rings. The summed E-state index contributed by atoms with van der Waals surface area (Å²) >= 11 is 5.75. The summed E-state index contributed by atoms with van der Waals surface area (Å²) in [5.74, 6) is -1.38. The van der Waals surface area contributed by atoms with Crippen molar-refractivity contribution in [1.82, 2.24) is 9.29 Å². The molecule has 1 heterocycles. The van der Waals surface area contributed by atoms with Gasteiger partial charge in [-0.3, -0.25) is 4.79 Å². The minimum atomic E-state index is -4.08. The first kappa shape index (κ1) is 16.7. The number of hydrogen-bond donors (Lipinski definition) is 1. The number of pyridine rings is 1. The molecule has 0 saturated carbocycles. The van der Waals surface area contributed by atoms with Gasteiger partial charge in [-0.25, -0.2) is 13.4 Å². The minimum absolute atomic E-state index is 0.00846. The molecule has 112 valence electrons. The zero-order valence-electron chi connectivity index (χ0n) is 11.2. The third-order valence-electron chi connectivity index (χ3n) is 2.67. The Balaban J connectivity index is 3.41. The Morgan fingerprint density at radius 2 is 2.20 bits per heavy atom. The second-order valence-electron chi connectivity index (χ2n) is 3.88. The molecular weight excluding hydrogens is 308 g/mol. The molecule has 0 aliphatic carbocycles. The number of likely N-dealkylation sites (N-methyl/N-ethyl adjacent to an activating group) is 1. The molecule has 1 N–H and O–H groups in total. The molecule has 0 spiro atoms. The smallest absolute Gasteiger partial charge is 0.321 e. The lowest BCUT2D eigenvalue weighted by Gasteiger charge is -2.24. The van der Waals surface area contributed by atoms with E-state index in [4.69, 9.17) is 21.4 Å². The van der Waals surface area contributed by atoms with E-state index in [2.05, 4.69) is 4.98 Å². The van der Waals surface area contributed by atoms with Crippen molar-refractivity contribution >= 4 is 27.6 Å². The monoisotopic (exact) mass is 322 g/mol. The third kappa shape index (κ3) is 3.20. The van der Waals surface area contributed by atoms with Gasteiger partial charge in [0.05, 0.1) is 12.1 Å². The number of methoxy groups -OCH3 is 1. The van der Waals surface area contributed by atoms with Gasteiger partial charge >= 0.3 is 5.97 Å². The van der Waals surface area contributed by atoms with Crippen molar-refractivity contribution in [1.29, 1.82) is 0 Å². The van der Waals surface area contributed by atoms with Crippen LogP contribution < -0.4 is 4.74 Å². The lowest BCUT2D eigenvalue weighted by Crippen LogP contribution is -2.43. The molecule has 1 aromatic heterocycles. The lowest BCUT2D eigenvalue weighted by atomic mass is 10.3. The van der Waals surface area contributed by atoms with Crippen molar-refractivity contribution in [2.75, 3.05) is 13.7 Å². The predicted molar refractivity (Wildman–Crippen MR) is 72.5 cm³/mol. The number of ether oxygens (including phenoxy) is 1. The Labute approximate surface area is 122 Å². The lowest BCUT2D eigenvalue weighted by molar-refractivity contribution is -0.140. The molecule has 0 radical (unpaired) electrons. The average Bonchev–Trinajstić information content (AvgIpc) is 2.38. The zero-order chi connectivity index (χ0) is 15.5. The summed E-state index contributed by atoms with van der Waals surface area (Å²) in [7, 11) is -2.81. The van der Waals surface area contributed by atoms with Gasteiger partial charge in [0.2, 0.25) is 15.9 Å². The van der Waals surface area contributed by atoms with Crippen LogP contribution in [0, 0.1) is 0 Å². The van der Waals surface area contributed by atoms with Crippen LogP contribution >= 0.6 is 11.6 Å². The molecule has 0 bridgehead atoms. The molecule has 0 aliphatic heterocycles. The van der Waals surface area contributed by atoms with Gasteiger partial charge in [0.15, 0.2) is 0 Å². The number of carbonyl (C=O) groups is 1. The molecule has 1 unspecified atom stereocenters. The van der Waals surface area contributed by atoms with Crippen LogP contribution in [-0.4, -0.2) is 48.5 Å². The first-order valence-electron chi connectivity index (χ1n) is 5.69. The molecule has 1 rings (SSSR count). The topological polar surface area (TPSA) is 96.8 Å². The van der Waals surface area contributed by atoms with Gasteiger partial charge in [0, 0.05) is 12.7 Å². The van der Waals surface area contributed by atoms with E-state index < -0.39 is 22.0 Å². The van der Waals surface area contributed by atoms with Crippen molar-refractivity contribution in [3.8, 4) is 5.88 Å². The second-order valence-corrected chi connectivity index (χ2v) is 6.18. The number of halogens is 1. The Hall–Kier alpha value is -1.38. The van der Waals surface area contributed by atoms with E-state index >= 15 is 0 Å². The molecule has 0 fully saturated rings. The zero-order valence-corrected chi connectivity index (χ0v) is 12.8. The van der Waals surface area contributed by atoms with Crippen molar-refractivity contribution in [3.63, 3.8) is 0 Å². The molecule has 1 aromatic rings. The van der Waals surface area contributed by atoms with Crippen molar-refractivity contribution in [2.45, 2.75) is 24.8 Å². The van der Waals surface area contributed by atoms with Gasteiger partial charge in [-0.15, -0.1) is 0 Å². The van der Waals surface area contributed by atoms with Gasteiger partial charge in [-0.05, 0) is 13.0 Å². The maximum Gasteiger partial charge on any atom is 0.321 e. The second kappa shape index (κ2) is 6.38. The van der Waals surface area contributed by atoms with E-state index in [1.54, 1.807) is 6.92 Å². The quantitative estimate of drug-likeness (QED) is 0.846. The van der Waals surface area contributed by atoms with Crippen LogP contribution in [0.3, 0.4) is 0 Å². The number of sulfonamides is 1. The van der Waals surface area contributed by atoms with E-state index in [-0.39, 0.29) is 22.3 Å². The van der Waals surface area contributed by atoms with Crippen LogP contribution in [0.2, 0.25) is 5.02 Å². The summed E-state index contributed by atoms with van der Waals surface area (Å²) in [5.41, 5.74) is 0. The number of carboxylic acid groups (broad SMARTS) is 1. The van der Waals surface area contributed by atoms with Gasteiger partial charge in [-0.2, -0.15) is 4.31 Å². The first-order valence-corrected chi connectivity index (χ1v) is 7.51. The van der Waals surface area contributed by atoms with Crippen LogP contribution in [0.15, 0.2) is 17.2 Å². The van der Waals surface area contributed by atoms with E-state index in [1.807, 2.05) is 0 Å². The highest BCUT2D eigenvalue weighted by atomic mass is 35.5. The highest BCUT2D eigenvalue weighted by molar-refractivity contribution is 7.89. The molecule has 0 aromatic carbocycles. The standard InChI is InChI=1S/C11H15ClN2O5S/c1-4-14(7(2)11(15)16)20(17,18)9-5-8(12)6-13-10(9)19-3/h5-7H,4H2,1-3H3,(H,15,16). The predicted octanol–water partition coefficient (Wildman–Crippen LogP) is 1.23. The summed E-state index contributed by atoms with van der Waals surface area (Å²) in [4.78, 5) is 14.5. The summed E-state index contributed by atoms with van der Waals surface area (Å²) < 4.78 is 30.8. The van der Waals surface area contributed by atoms with Gasteiger partial charge in [-0.1, -0.05) is 18.5 Å². The molecule has 0 saturated heterocycles. The fraction of sp³-hybridized carbons (Fsp3) is 0.455. The van der Waals surface area contributed by atoms with Crippen molar-refractivity contribution in [2.24, 2.45) is 0 Å². The largest absolute Gasteiger partial charge is 0.480 e. The van der Waals surface area contributed by atoms with Crippen LogP contribution in [0.1, 0.15) is 13.8 Å². The molecule has 1 atom stereocenters. The molecule has 20 heavy (non-hydrogen) atoms. The Morgan fingerprint density at radius 1 is 1.60 bits per heavy atom. The van der Waals surface area contributed by atoms with Crippen LogP contribution in [0.4, 0.5) is 0 Å². The highest BCUT2D eigenvalue weighted by Crippen LogP contribution is 2.28. The summed E-state index contributed by atoms with van der Waals surface area (Å²) in [5, 5.41) is 9.11. The number of rotatable bonds is 6. The fourth-order valence-corrected chi connectivity index (χ4v) is 3.60. The van der Waals surface area contributed by atoms with Gasteiger partial charge in [0.25, 0.3) is 0 Å². The maximum atomic E-state index is 12.5. The molecule has 9 heteroatoms. The molecular formula is C11H15ClN2O5S. The summed E-state index contributed by atoms with van der Waals surface area (Å²) in [6.07, 6.45) is 1.25. The average molecular weight is 323 g/mol. The van der Waals surface area contributed by atoms with Gasteiger partial charge < -0.3 is 9.84 Å². The normalized spacial score (nSPS) is 13.2. The number of carboxylic acids is 1. The maximum absolute atomic E-state index is 12.5. The Bertz CT molecular complexity index is 605. The van der Waals surface area contributed by atoms with E-state index in [1.165, 1.54) is 26.3 Å². The van der Waals surface area contributed by atoms with Crippen molar-refractivity contribution in [3.05, 3.63) is 17.3 Å². The third-order valence-corrected chi connectivity index (χ3v) is 4.91.